The number of para-hydroxylation sites is 3. The van der Waals surface area contributed by atoms with Gasteiger partial charge in [-0.25, -0.2) is 13.9 Å². The smallest absolute Gasteiger partial charge is 0.314 e. The van der Waals surface area contributed by atoms with Gasteiger partial charge in [-0.05, 0) is 36.2 Å². The quantitative estimate of drug-likeness (QED) is 0.461. The predicted octanol–water partition coefficient (Wildman–Crippen LogP) is 4.30. The van der Waals surface area contributed by atoms with Gasteiger partial charge in [0, 0.05) is 17.0 Å². The van der Waals surface area contributed by atoms with Crippen LogP contribution in [-0.2, 0) is 13.0 Å². The normalized spacial score (nSPS) is 11.9. The van der Waals surface area contributed by atoms with Gasteiger partial charge < -0.3 is 4.40 Å². The van der Waals surface area contributed by atoms with Crippen LogP contribution in [0.2, 0.25) is 0 Å². The molecule has 3 aromatic heterocycles. The molecule has 5 nitrogen and oxygen atoms in total. The second-order valence-electron chi connectivity index (χ2n) is 7.32. The Bertz CT molecular complexity index is 1570. The van der Waals surface area contributed by atoms with Crippen LogP contribution >= 0.6 is 0 Å². The van der Waals surface area contributed by atoms with Crippen LogP contribution in [0, 0.1) is 0 Å². The highest BCUT2D eigenvalue weighted by Crippen LogP contribution is 2.27. The fourth-order valence-corrected chi connectivity index (χ4v) is 4.26. The average Bonchev–Trinajstić information content (AvgIpc) is 3.31. The highest BCUT2D eigenvalue weighted by molar-refractivity contribution is 6.05. The third kappa shape index (κ3) is 2.34. The number of hydrogen-bond acceptors (Lipinski definition) is 2. The van der Waals surface area contributed by atoms with Gasteiger partial charge in [-0.15, -0.1) is 5.10 Å². The second-order valence-corrected chi connectivity index (χ2v) is 7.32. The standard InChI is InChI=1S/C24H18N4O/c29-24-27(16-13-17-7-2-1-3-8-17)25-23-19-10-6-9-18-14-15-26(22(18)19)20-11-4-5-12-21(20)28(23)24/h1-12,14-15H,13,16H2. The van der Waals surface area contributed by atoms with Crippen LogP contribution in [0.3, 0.4) is 0 Å². The van der Waals surface area contributed by atoms with E-state index in [-0.39, 0.29) is 5.69 Å². The maximum absolute atomic E-state index is 13.4. The minimum absolute atomic E-state index is 0.105. The Morgan fingerprint density at radius 1 is 0.793 bits per heavy atom. The molecule has 0 saturated heterocycles. The monoisotopic (exact) mass is 378 g/mol. The Morgan fingerprint density at radius 3 is 2.45 bits per heavy atom. The molecule has 0 N–H and O–H groups in total. The van der Waals surface area contributed by atoms with Gasteiger partial charge in [0.25, 0.3) is 0 Å². The lowest BCUT2D eigenvalue weighted by molar-refractivity contribution is 0.594. The van der Waals surface area contributed by atoms with Crippen molar-refractivity contribution in [3.05, 3.63) is 101 Å². The van der Waals surface area contributed by atoms with Gasteiger partial charge in [0.2, 0.25) is 0 Å². The van der Waals surface area contributed by atoms with E-state index in [4.69, 9.17) is 5.10 Å². The number of hydrogen-bond donors (Lipinski definition) is 0. The summed E-state index contributed by atoms with van der Waals surface area (Å²) < 4.78 is 5.50. The van der Waals surface area contributed by atoms with Crippen molar-refractivity contribution in [3.63, 3.8) is 0 Å². The Morgan fingerprint density at radius 2 is 1.59 bits per heavy atom. The molecule has 29 heavy (non-hydrogen) atoms. The van der Waals surface area contributed by atoms with E-state index in [0.717, 1.165) is 33.7 Å². The van der Waals surface area contributed by atoms with Crippen LogP contribution in [0.1, 0.15) is 5.56 Å². The molecule has 0 aliphatic carbocycles. The topological polar surface area (TPSA) is 43.7 Å². The Hall–Kier alpha value is -3.86. The van der Waals surface area contributed by atoms with Crippen molar-refractivity contribution in [2.75, 3.05) is 0 Å². The molecule has 0 amide bonds. The fraction of sp³-hybridized carbons (Fsp3) is 0.0833. The van der Waals surface area contributed by atoms with Crippen molar-refractivity contribution in [3.8, 4) is 0 Å². The Labute approximate surface area is 166 Å². The van der Waals surface area contributed by atoms with Gasteiger partial charge in [0.05, 0.1) is 23.1 Å². The zero-order chi connectivity index (χ0) is 19.4. The molecule has 0 radical (unpaired) electrons. The zero-order valence-electron chi connectivity index (χ0n) is 15.7. The third-order valence-electron chi connectivity index (χ3n) is 5.63. The van der Waals surface area contributed by atoms with Crippen molar-refractivity contribution in [2.24, 2.45) is 0 Å². The van der Waals surface area contributed by atoms with Crippen molar-refractivity contribution in [1.29, 1.82) is 0 Å². The first-order chi connectivity index (χ1) is 14.3. The summed E-state index contributed by atoms with van der Waals surface area (Å²) in [7, 11) is 0. The van der Waals surface area contributed by atoms with E-state index in [1.54, 1.807) is 9.08 Å². The molecule has 6 rings (SSSR count). The van der Waals surface area contributed by atoms with Crippen LogP contribution in [-0.4, -0.2) is 18.6 Å². The maximum atomic E-state index is 13.4. The zero-order valence-corrected chi connectivity index (χ0v) is 15.7. The lowest BCUT2D eigenvalue weighted by atomic mass is 10.1. The number of benzene rings is 3. The van der Waals surface area contributed by atoms with Crippen LogP contribution in [0.4, 0.5) is 0 Å². The third-order valence-corrected chi connectivity index (χ3v) is 5.63. The van der Waals surface area contributed by atoms with Crippen LogP contribution in [0.15, 0.2) is 89.9 Å². The molecule has 5 heteroatoms. The van der Waals surface area contributed by atoms with Gasteiger partial charge in [0.1, 0.15) is 0 Å². The fourth-order valence-electron chi connectivity index (χ4n) is 4.26. The van der Waals surface area contributed by atoms with E-state index in [1.165, 1.54) is 5.56 Å². The van der Waals surface area contributed by atoms with Crippen LogP contribution < -0.4 is 5.69 Å². The molecule has 0 aliphatic heterocycles. The van der Waals surface area contributed by atoms with Crippen LogP contribution in [0.25, 0.3) is 33.0 Å². The average molecular weight is 378 g/mol. The first kappa shape index (κ1) is 16.1. The largest absolute Gasteiger partial charge is 0.350 e. The summed E-state index contributed by atoms with van der Waals surface area (Å²) in [5.74, 6) is 0. The SMILES string of the molecule is O=c1n(CCc2ccccc2)nc2c3cccc4ccn(c5ccccc5n12)c43. The van der Waals surface area contributed by atoms with E-state index in [1.807, 2.05) is 48.5 Å². The van der Waals surface area contributed by atoms with Gasteiger partial charge in [0.15, 0.2) is 5.65 Å². The summed E-state index contributed by atoms with van der Waals surface area (Å²) in [5.41, 5.74) is 4.70. The highest BCUT2D eigenvalue weighted by Gasteiger charge is 2.15. The molecule has 140 valence electrons. The van der Waals surface area contributed by atoms with Gasteiger partial charge in [-0.3, -0.25) is 0 Å². The molecule has 0 unspecified atom stereocenters. The molecule has 3 heterocycles. The van der Waals surface area contributed by atoms with E-state index >= 15 is 0 Å². The van der Waals surface area contributed by atoms with Crippen molar-refractivity contribution >= 4 is 33.0 Å². The lowest BCUT2D eigenvalue weighted by Gasteiger charge is -2.01. The van der Waals surface area contributed by atoms with Gasteiger partial charge >= 0.3 is 5.69 Å². The second kappa shape index (κ2) is 6.07. The number of rotatable bonds is 3. The minimum atomic E-state index is -0.105. The van der Waals surface area contributed by atoms with E-state index < -0.39 is 0 Å². The summed E-state index contributed by atoms with van der Waals surface area (Å²) in [4.78, 5) is 13.4. The van der Waals surface area contributed by atoms with Gasteiger partial charge in [-0.1, -0.05) is 54.6 Å². The first-order valence-electron chi connectivity index (χ1n) is 9.75. The number of aryl methyl sites for hydroxylation is 2. The summed E-state index contributed by atoms with van der Waals surface area (Å²) in [6.45, 7) is 0.544. The summed E-state index contributed by atoms with van der Waals surface area (Å²) >= 11 is 0. The summed E-state index contributed by atoms with van der Waals surface area (Å²) in [5, 5.41) is 6.89. The van der Waals surface area contributed by atoms with Crippen LogP contribution in [0.5, 0.6) is 0 Å². The molecule has 0 aliphatic rings. The lowest BCUT2D eigenvalue weighted by Crippen LogP contribution is -2.22. The molecule has 3 aromatic carbocycles. The summed E-state index contributed by atoms with van der Waals surface area (Å²) in [6.07, 6.45) is 2.83. The van der Waals surface area contributed by atoms with E-state index in [0.29, 0.717) is 12.2 Å². The Balaban J connectivity index is 1.70. The number of nitrogens with zero attached hydrogens (tertiary/aromatic N) is 4. The molecule has 0 spiro atoms. The van der Waals surface area contributed by atoms with Crippen molar-refractivity contribution < 1.29 is 0 Å². The van der Waals surface area contributed by atoms with Gasteiger partial charge in [-0.2, -0.15) is 0 Å². The minimum Gasteiger partial charge on any atom is -0.314 e. The number of fused-ring (bicyclic) bond motifs is 5. The highest BCUT2D eigenvalue weighted by atomic mass is 16.2. The molecule has 0 bridgehead atoms. The Kier molecular flexibility index (Phi) is 3.38. The van der Waals surface area contributed by atoms with E-state index in [9.17, 15) is 4.79 Å². The molecular weight excluding hydrogens is 360 g/mol. The molecule has 0 fully saturated rings. The molecule has 0 saturated carbocycles. The molecular formula is C24H18N4O. The summed E-state index contributed by atoms with van der Waals surface area (Å²) in [6, 6.07) is 26.5. The maximum Gasteiger partial charge on any atom is 0.350 e. The predicted molar refractivity (Wildman–Crippen MR) is 116 cm³/mol. The first-order valence-corrected chi connectivity index (χ1v) is 9.75. The molecule has 0 atom stereocenters. The number of aromatic nitrogens is 4. The molecule has 6 aromatic rings. The van der Waals surface area contributed by atoms with E-state index in [2.05, 4.69) is 40.9 Å². The van der Waals surface area contributed by atoms with Crippen molar-refractivity contribution in [2.45, 2.75) is 13.0 Å². The van der Waals surface area contributed by atoms with Crippen molar-refractivity contribution in [1.82, 2.24) is 18.6 Å².